The fourth-order valence-electron chi connectivity index (χ4n) is 8.19. The monoisotopic (exact) mass is 592 g/mol. The quantitative estimate of drug-likeness (QED) is 0.172. The molecular weight excluding hydrogens is 540 g/mol. The summed E-state index contributed by atoms with van der Waals surface area (Å²) in [4.78, 5) is 0. The first kappa shape index (κ1) is 31.3. The molecule has 0 heterocycles. The molecule has 45 heavy (non-hydrogen) atoms. The molecular formula is C45H52. The van der Waals surface area contributed by atoms with Gasteiger partial charge in [0.2, 0.25) is 0 Å². The molecule has 0 saturated heterocycles. The average molecular weight is 593 g/mol. The molecule has 4 aromatic rings. The summed E-state index contributed by atoms with van der Waals surface area (Å²) in [6.45, 7) is 18.9. The molecule has 0 unspecified atom stereocenters. The van der Waals surface area contributed by atoms with Crippen LogP contribution in [0.2, 0.25) is 0 Å². The average Bonchev–Trinajstić information content (AvgIpc) is 3.66. The van der Waals surface area contributed by atoms with E-state index in [4.69, 9.17) is 0 Å². The zero-order valence-electron chi connectivity index (χ0n) is 28.9. The molecule has 0 spiro atoms. The van der Waals surface area contributed by atoms with Crippen LogP contribution in [0, 0.1) is 17.3 Å². The van der Waals surface area contributed by atoms with Crippen molar-refractivity contribution in [1.29, 1.82) is 0 Å². The summed E-state index contributed by atoms with van der Waals surface area (Å²) < 4.78 is 0. The topological polar surface area (TPSA) is 0 Å². The third kappa shape index (κ3) is 6.14. The highest BCUT2D eigenvalue weighted by Gasteiger charge is 2.42. The van der Waals surface area contributed by atoms with Gasteiger partial charge in [0.05, 0.1) is 0 Å². The number of hydrogen-bond acceptors (Lipinski definition) is 0. The molecule has 0 saturated carbocycles. The van der Waals surface area contributed by atoms with Crippen molar-refractivity contribution >= 4 is 12.2 Å². The summed E-state index contributed by atoms with van der Waals surface area (Å²) in [7, 11) is 0. The fourth-order valence-corrected chi connectivity index (χ4v) is 8.19. The van der Waals surface area contributed by atoms with Crippen molar-refractivity contribution in [2.45, 2.75) is 92.9 Å². The SMILES string of the molecule is CC(C)CC(CC(C)C)(C1=Cc2c(cccc2-c2cccc(C(C)C)c2)C1)C1=Cc2c(cccc2-c2cccc(C(C)C)c2)C1. The van der Waals surface area contributed by atoms with E-state index in [1.54, 1.807) is 11.1 Å². The van der Waals surface area contributed by atoms with Crippen molar-refractivity contribution in [2.24, 2.45) is 17.3 Å². The van der Waals surface area contributed by atoms with Crippen LogP contribution in [-0.2, 0) is 12.8 Å². The molecule has 0 N–H and O–H groups in total. The normalized spacial score (nSPS) is 14.4. The van der Waals surface area contributed by atoms with Crippen LogP contribution in [0.4, 0.5) is 0 Å². The maximum Gasteiger partial charge on any atom is 0.0139 e. The van der Waals surface area contributed by atoms with Crippen molar-refractivity contribution in [3.63, 3.8) is 0 Å². The predicted molar refractivity (Wildman–Crippen MR) is 197 cm³/mol. The van der Waals surface area contributed by atoms with E-state index in [9.17, 15) is 0 Å². The van der Waals surface area contributed by atoms with Crippen LogP contribution in [0.25, 0.3) is 34.4 Å². The van der Waals surface area contributed by atoms with Gasteiger partial charge in [-0.25, -0.2) is 0 Å². The molecule has 0 amide bonds. The maximum absolute atomic E-state index is 2.62. The van der Waals surface area contributed by atoms with E-state index in [0.29, 0.717) is 23.7 Å². The molecule has 0 bridgehead atoms. The van der Waals surface area contributed by atoms with Gasteiger partial charge in [0.15, 0.2) is 0 Å². The minimum Gasteiger partial charge on any atom is -0.0627 e. The van der Waals surface area contributed by atoms with Gasteiger partial charge in [-0.1, -0.05) is 164 Å². The van der Waals surface area contributed by atoms with E-state index in [2.05, 4.69) is 152 Å². The molecule has 4 aromatic carbocycles. The lowest BCUT2D eigenvalue weighted by Crippen LogP contribution is -2.30. The van der Waals surface area contributed by atoms with E-state index in [1.807, 2.05) is 0 Å². The Morgan fingerprint density at radius 2 is 0.911 bits per heavy atom. The minimum atomic E-state index is 0.0362. The predicted octanol–water partition coefficient (Wildman–Crippen LogP) is 12.9. The molecule has 0 atom stereocenters. The van der Waals surface area contributed by atoms with Crippen molar-refractivity contribution in [3.05, 3.63) is 129 Å². The van der Waals surface area contributed by atoms with Crippen molar-refractivity contribution in [3.8, 4) is 22.3 Å². The highest BCUT2D eigenvalue weighted by Crippen LogP contribution is 2.55. The van der Waals surface area contributed by atoms with Crippen LogP contribution in [0.3, 0.4) is 0 Å². The highest BCUT2D eigenvalue weighted by atomic mass is 14.5. The van der Waals surface area contributed by atoms with Gasteiger partial charge in [-0.15, -0.1) is 0 Å². The Kier molecular flexibility index (Phi) is 8.80. The van der Waals surface area contributed by atoms with Crippen LogP contribution >= 0.6 is 0 Å². The smallest absolute Gasteiger partial charge is 0.0139 e. The molecule has 0 heteroatoms. The number of hydrogen-bond donors (Lipinski definition) is 0. The van der Waals surface area contributed by atoms with Gasteiger partial charge >= 0.3 is 0 Å². The lowest BCUT2D eigenvalue weighted by Gasteiger charge is -2.40. The Morgan fingerprint density at radius 3 is 1.29 bits per heavy atom. The van der Waals surface area contributed by atoms with Crippen molar-refractivity contribution in [2.75, 3.05) is 0 Å². The van der Waals surface area contributed by atoms with Crippen LogP contribution in [0.15, 0.2) is 96.1 Å². The molecule has 0 aliphatic heterocycles. The molecule has 6 rings (SSSR count). The Labute approximate surface area is 273 Å². The second kappa shape index (κ2) is 12.6. The van der Waals surface area contributed by atoms with Gasteiger partial charge in [-0.05, 0) is 105 Å². The molecule has 0 radical (unpaired) electrons. The summed E-state index contributed by atoms with van der Waals surface area (Å²) in [5.74, 6) is 2.24. The standard InChI is InChI=1S/C45H52/c1-29(2)27-45(28-30(3)4,39-23-37-17-11-19-41(43(37)25-39)35-15-9-13-33(21-35)31(5)6)40-24-38-18-12-20-42(44(38)26-40)36-16-10-14-34(22-36)32(7)8/h9-22,25-26,29-32H,23-24,27-28H2,1-8H3. The molecule has 2 aliphatic carbocycles. The first-order valence-corrected chi connectivity index (χ1v) is 17.4. The van der Waals surface area contributed by atoms with Crippen molar-refractivity contribution in [1.82, 2.24) is 0 Å². The zero-order valence-corrected chi connectivity index (χ0v) is 28.9. The second-order valence-electron chi connectivity index (χ2n) is 15.3. The summed E-state index contributed by atoms with van der Waals surface area (Å²) in [6.07, 6.45) is 9.69. The summed E-state index contributed by atoms with van der Waals surface area (Å²) in [5.41, 5.74) is 17.4. The number of benzene rings is 4. The summed E-state index contributed by atoms with van der Waals surface area (Å²) in [6, 6.07) is 32.4. The molecule has 0 aromatic heterocycles. The lowest BCUT2D eigenvalue weighted by molar-refractivity contribution is 0.273. The highest BCUT2D eigenvalue weighted by molar-refractivity contribution is 5.85. The third-order valence-electron chi connectivity index (χ3n) is 10.3. The fraction of sp³-hybridized carbons (Fsp3) is 0.378. The Hall–Kier alpha value is -3.64. The van der Waals surface area contributed by atoms with Crippen LogP contribution in [-0.4, -0.2) is 0 Å². The van der Waals surface area contributed by atoms with Crippen molar-refractivity contribution < 1.29 is 0 Å². The largest absolute Gasteiger partial charge is 0.0627 e. The molecule has 2 aliphatic rings. The van der Waals surface area contributed by atoms with E-state index in [1.165, 1.54) is 68.5 Å². The Bertz CT molecular complexity index is 1620. The third-order valence-corrected chi connectivity index (χ3v) is 10.3. The number of rotatable bonds is 10. The van der Waals surface area contributed by atoms with Crippen LogP contribution in [0.5, 0.6) is 0 Å². The summed E-state index contributed by atoms with van der Waals surface area (Å²) in [5, 5.41) is 0. The van der Waals surface area contributed by atoms with Gasteiger partial charge in [0.1, 0.15) is 0 Å². The van der Waals surface area contributed by atoms with E-state index in [-0.39, 0.29) is 5.41 Å². The van der Waals surface area contributed by atoms with E-state index < -0.39 is 0 Å². The number of allylic oxidation sites excluding steroid dienone is 2. The maximum atomic E-state index is 2.62. The van der Waals surface area contributed by atoms with E-state index >= 15 is 0 Å². The zero-order chi connectivity index (χ0) is 31.9. The second-order valence-corrected chi connectivity index (χ2v) is 15.3. The first-order chi connectivity index (χ1) is 21.6. The molecule has 0 fully saturated rings. The summed E-state index contributed by atoms with van der Waals surface area (Å²) >= 11 is 0. The minimum absolute atomic E-state index is 0.0362. The first-order valence-electron chi connectivity index (χ1n) is 17.4. The van der Waals surface area contributed by atoms with Crippen LogP contribution < -0.4 is 0 Å². The van der Waals surface area contributed by atoms with Gasteiger partial charge < -0.3 is 0 Å². The van der Waals surface area contributed by atoms with Gasteiger partial charge in [-0.2, -0.15) is 0 Å². The molecule has 0 nitrogen and oxygen atoms in total. The van der Waals surface area contributed by atoms with E-state index in [0.717, 1.165) is 12.8 Å². The molecule has 232 valence electrons. The van der Waals surface area contributed by atoms with Gasteiger partial charge in [0, 0.05) is 5.41 Å². The Balaban J connectivity index is 1.48. The van der Waals surface area contributed by atoms with Gasteiger partial charge in [0.25, 0.3) is 0 Å². The van der Waals surface area contributed by atoms with Gasteiger partial charge in [-0.3, -0.25) is 0 Å². The lowest BCUT2D eigenvalue weighted by atomic mass is 9.63. The van der Waals surface area contributed by atoms with Crippen LogP contribution in [0.1, 0.15) is 113 Å². The number of fused-ring (bicyclic) bond motifs is 2. The Morgan fingerprint density at radius 1 is 0.511 bits per heavy atom.